The SMILES string of the molecule is NCC1(OCC2CCCCO2)CCCC1. The minimum absolute atomic E-state index is 0.0131. The quantitative estimate of drug-likeness (QED) is 0.775. The van der Waals surface area contributed by atoms with Crippen LogP contribution in [0.3, 0.4) is 0 Å². The smallest absolute Gasteiger partial charge is 0.0808 e. The first-order valence-corrected chi connectivity index (χ1v) is 6.30. The number of hydrogen-bond donors (Lipinski definition) is 1. The third-order valence-electron chi connectivity index (χ3n) is 3.74. The van der Waals surface area contributed by atoms with Crippen molar-refractivity contribution in [1.82, 2.24) is 0 Å². The van der Waals surface area contributed by atoms with Crippen molar-refractivity contribution in [3.8, 4) is 0 Å². The Morgan fingerprint density at radius 2 is 2.00 bits per heavy atom. The van der Waals surface area contributed by atoms with Gasteiger partial charge >= 0.3 is 0 Å². The zero-order chi connectivity index (χ0) is 10.6. The summed E-state index contributed by atoms with van der Waals surface area (Å²) in [7, 11) is 0. The highest BCUT2D eigenvalue weighted by atomic mass is 16.5. The first-order chi connectivity index (χ1) is 7.35. The highest BCUT2D eigenvalue weighted by molar-refractivity contribution is 4.87. The lowest BCUT2D eigenvalue weighted by Gasteiger charge is -2.31. The van der Waals surface area contributed by atoms with Crippen molar-refractivity contribution in [2.24, 2.45) is 5.73 Å². The Balaban J connectivity index is 1.75. The van der Waals surface area contributed by atoms with E-state index < -0.39 is 0 Å². The summed E-state index contributed by atoms with van der Waals surface area (Å²) < 4.78 is 11.7. The Hall–Kier alpha value is -0.120. The molecule has 0 aromatic heterocycles. The number of nitrogens with two attached hydrogens (primary N) is 1. The van der Waals surface area contributed by atoms with Gasteiger partial charge in [0.05, 0.1) is 18.3 Å². The molecule has 3 nitrogen and oxygen atoms in total. The highest BCUT2D eigenvalue weighted by Crippen LogP contribution is 2.32. The molecule has 88 valence electrons. The Kier molecular flexibility index (Phi) is 4.00. The van der Waals surface area contributed by atoms with Gasteiger partial charge < -0.3 is 15.2 Å². The van der Waals surface area contributed by atoms with Gasteiger partial charge in [-0.2, -0.15) is 0 Å². The van der Waals surface area contributed by atoms with Crippen LogP contribution in [0.4, 0.5) is 0 Å². The predicted octanol–water partition coefficient (Wildman–Crippen LogP) is 1.84. The molecule has 1 unspecified atom stereocenters. The molecule has 1 aliphatic carbocycles. The summed E-state index contributed by atoms with van der Waals surface area (Å²) in [6, 6.07) is 0. The molecule has 0 amide bonds. The van der Waals surface area contributed by atoms with Crippen LogP contribution in [0.15, 0.2) is 0 Å². The van der Waals surface area contributed by atoms with Crippen molar-refractivity contribution < 1.29 is 9.47 Å². The minimum Gasteiger partial charge on any atom is -0.376 e. The number of ether oxygens (including phenoxy) is 2. The van der Waals surface area contributed by atoms with E-state index in [1.165, 1.54) is 25.7 Å². The monoisotopic (exact) mass is 213 g/mol. The van der Waals surface area contributed by atoms with Crippen LogP contribution in [-0.4, -0.2) is 31.5 Å². The molecule has 3 heteroatoms. The molecule has 2 rings (SSSR count). The van der Waals surface area contributed by atoms with Gasteiger partial charge in [0.1, 0.15) is 0 Å². The Bertz CT molecular complexity index is 184. The maximum absolute atomic E-state index is 6.03. The summed E-state index contributed by atoms with van der Waals surface area (Å²) in [4.78, 5) is 0. The average molecular weight is 213 g/mol. The lowest BCUT2D eigenvalue weighted by atomic mass is 10.0. The van der Waals surface area contributed by atoms with Crippen LogP contribution in [0.1, 0.15) is 44.9 Å². The van der Waals surface area contributed by atoms with Crippen LogP contribution in [0, 0.1) is 0 Å². The molecule has 1 saturated carbocycles. The van der Waals surface area contributed by atoms with Crippen molar-refractivity contribution in [1.29, 1.82) is 0 Å². The minimum atomic E-state index is -0.0131. The molecule has 0 radical (unpaired) electrons. The second kappa shape index (κ2) is 5.28. The van der Waals surface area contributed by atoms with Crippen molar-refractivity contribution in [2.45, 2.75) is 56.7 Å². The van der Waals surface area contributed by atoms with E-state index in [-0.39, 0.29) is 5.60 Å². The lowest BCUT2D eigenvalue weighted by Crippen LogP contribution is -2.40. The summed E-state index contributed by atoms with van der Waals surface area (Å²) in [5, 5.41) is 0. The summed E-state index contributed by atoms with van der Waals surface area (Å²) in [6.07, 6.45) is 8.77. The van der Waals surface area contributed by atoms with Crippen molar-refractivity contribution in [3.63, 3.8) is 0 Å². The molecule has 15 heavy (non-hydrogen) atoms. The normalized spacial score (nSPS) is 30.6. The van der Waals surface area contributed by atoms with Gasteiger partial charge in [0.25, 0.3) is 0 Å². The maximum Gasteiger partial charge on any atom is 0.0808 e. The third-order valence-corrected chi connectivity index (χ3v) is 3.74. The fourth-order valence-electron chi connectivity index (χ4n) is 2.64. The predicted molar refractivity (Wildman–Crippen MR) is 59.8 cm³/mol. The van der Waals surface area contributed by atoms with Gasteiger partial charge in [-0.15, -0.1) is 0 Å². The van der Waals surface area contributed by atoms with Crippen LogP contribution in [-0.2, 0) is 9.47 Å². The van der Waals surface area contributed by atoms with Crippen LogP contribution < -0.4 is 5.73 Å². The van der Waals surface area contributed by atoms with Gasteiger partial charge in [-0.05, 0) is 32.1 Å². The van der Waals surface area contributed by atoms with E-state index >= 15 is 0 Å². The summed E-state index contributed by atoms with van der Waals surface area (Å²) >= 11 is 0. The van der Waals surface area contributed by atoms with Gasteiger partial charge in [-0.25, -0.2) is 0 Å². The van der Waals surface area contributed by atoms with Gasteiger partial charge in [0.2, 0.25) is 0 Å². The van der Waals surface area contributed by atoms with Gasteiger partial charge in [-0.1, -0.05) is 12.8 Å². The van der Waals surface area contributed by atoms with Crippen LogP contribution >= 0.6 is 0 Å². The second-order valence-corrected chi connectivity index (χ2v) is 4.89. The fourth-order valence-corrected chi connectivity index (χ4v) is 2.64. The standard InChI is InChI=1S/C12H23NO2/c13-10-12(6-2-3-7-12)15-9-11-5-1-4-8-14-11/h11H,1-10,13H2. The molecule has 2 N–H and O–H groups in total. The molecule has 1 atom stereocenters. The Labute approximate surface area is 92.3 Å². The van der Waals surface area contributed by atoms with Crippen molar-refractivity contribution in [2.75, 3.05) is 19.8 Å². The molecule has 1 heterocycles. The molecular formula is C12H23NO2. The zero-order valence-corrected chi connectivity index (χ0v) is 9.54. The summed E-state index contributed by atoms with van der Waals surface area (Å²) in [6.45, 7) is 2.32. The van der Waals surface area contributed by atoms with Gasteiger partial charge in [0.15, 0.2) is 0 Å². The van der Waals surface area contributed by atoms with Gasteiger partial charge in [-0.3, -0.25) is 0 Å². The van der Waals surface area contributed by atoms with E-state index in [2.05, 4.69) is 0 Å². The molecule has 0 aromatic rings. The first kappa shape index (κ1) is 11.4. The molecular weight excluding hydrogens is 190 g/mol. The molecule has 2 fully saturated rings. The molecule has 1 aliphatic heterocycles. The van der Waals surface area contributed by atoms with Crippen molar-refractivity contribution >= 4 is 0 Å². The topological polar surface area (TPSA) is 44.5 Å². The fraction of sp³-hybridized carbons (Fsp3) is 1.00. The average Bonchev–Trinajstić information content (AvgIpc) is 2.77. The van der Waals surface area contributed by atoms with Crippen molar-refractivity contribution in [3.05, 3.63) is 0 Å². The highest BCUT2D eigenvalue weighted by Gasteiger charge is 2.34. The molecule has 1 saturated heterocycles. The van der Waals surface area contributed by atoms with Crippen LogP contribution in [0.5, 0.6) is 0 Å². The van der Waals surface area contributed by atoms with E-state index in [0.29, 0.717) is 12.6 Å². The van der Waals surface area contributed by atoms with E-state index in [9.17, 15) is 0 Å². The van der Waals surface area contributed by atoms with Crippen LogP contribution in [0.2, 0.25) is 0 Å². The second-order valence-electron chi connectivity index (χ2n) is 4.89. The largest absolute Gasteiger partial charge is 0.376 e. The summed E-state index contributed by atoms with van der Waals surface area (Å²) in [5.41, 5.74) is 5.81. The number of hydrogen-bond acceptors (Lipinski definition) is 3. The number of rotatable bonds is 4. The Morgan fingerprint density at radius 1 is 1.20 bits per heavy atom. The molecule has 0 aromatic carbocycles. The lowest BCUT2D eigenvalue weighted by molar-refractivity contribution is -0.101. The van der Waals surface area contributed by atoms with Crippen LogP contribution in [0.25, 0.3) is 0 Å². The molecule has 0 spiro atoms. The van der Waals surface area contributed by atoms with E-state index in [0.717, 1.165) is 32.5 Å². The van der Waals surface area contributed by atoms with E-state index in [1.807, 2.05) is 0 Å². The Morgan fingerprint density at radius 3 is 2.60 bits per heavy atom. The zero-order valence-electron chi connectivity index (χ0n) is 9.54. The first-order valence-electron chi connectivity index (χ1n) is 6.30. The van der Waals surface area contributed by atoms with Gasteiger partial charge in [0, 0.05) is 13.2 Å². The van der Waals surface area contributed by atoms with E-state index in [1.54, 1.807) is 0 Å². The maximum atomic E-state index is 6.03. The third kappa shape index (κ3) is 2.92. The molecule has 0 bridgehead atoms. The summed E-state index contributed by atoms with van der Waals surface area (Å²) in [5.74, 6) is 0. The van der Waals surface area contributed by atoms with E-state index in [4.69, 9.17) is 15.2 Å². The molecule has 2 aliphatic rings.